The van der Waals surface area contributed by atoms with Crippen molar-refractivity contribution >= 4 is 0 Å². The van der Waals surface area contributed by atoms with E-state index in [-0.39, 0.29) is 0 Å². The topological polar surface area (TPSA) is 3.24 Å². The summed E-state index contributed by atoms with van der Waals surface area (Å²) >= 11 is 0. The molecule has 0 amide bonds. The lowest BCUT2D eigenvalue weighted by Crippen LogP contribution is -2.42. The Labute approximate surface area is 84.5 Å². The lowest BCUT2D eigenvalue weighted by molar-refractivity contribution is 0.134. The van der Waals surface area contributed by atoms with Crippen LogP contribution in [0.2, 0.25) is 0 Å². The van der Waals surface area contributed by atoms with Crippen molar-refractivity contribution in [3.63, 3.8) is 0 Å². The molecule has 1 saturated heterocycles. The van der Waals surface area contributed by atoms with Gasteiger partial charge in [0.15, 0.2) is 0 Å². The van der Waals surface area contributed by atoms with Crippen LogP contribution in [0.1, 0.15) is 60.3 Å². The minimum atomic E-state index is 0.578. The van der Waals surface area contributed by atoms with Gasteiger partial charge in [0, 0.05) is 5.54 Å². The van der Waals surface area contributed by atoms with Gasteiger partial charge in [0.1, 0.15) is 0 Å². The first-order valence-corrected chi connectivity index (χ1v) is 6.04. The minimum Gasteiger partial charge on any atom is -0.298 e. The molecule has 1 nitrogen and oxygen atoms in total. The second-order valence-corrected chi connectivity index (χ2v) is 3.61. The maximum atomic E-state index is 2.66. The summed E-state index contributed by atoms with van der Waals surface area (Å²) < 4.78 is 0. The number of likely N-dealkylation sites (tertiary alicyclic amines) is 1. The van der Waals surface area contributed by atoms with Gasteiger partial charge in [-0.2, -0.15) is 0 Å². The molecular weight excluding hydrogens is 158 g/mol. The van der Waals surface area contributed by atoms with E-state index in [1.54, 1.807) is 0 Å². The van der Waals surface area contributed by atoms with E-state index in [1.807, 2.05) is 13.8 Å². The summed E-state index contributed by atoms with van der Waals surface area (Å²) in [6.45, 7) is 13.5. The average Bonchev–Trinajstić information content (AvgIpc) is 2.64. The van der Waals surface area contributed by atoms with E-state index < -0.39 is 0 Å². The van der Waals surface area contributed by atoms with Crippen molar-refractivity contribution in [2.45, 2.75) is 65.8 Å². The maximum absolute atomic E-state index is 2.66. The Hall–Kier alpha value is -0.0400. The standard InChI is InChI=1S/C10H21N.C2H6/c1-4-10(5-2)8-7-9-11(10)6-3;1-2/h4-9H2,1-3H3;1-2H3. The molecule has 0 bridgehead atoms. The van der Waals surface area contributed by atoms with Gasteiger partial charge in [-0.1, -0.05) is 34.6 Å². The van der Waals surface area contributed by atoms with Crippen LogP contribution in [0, 0.1) is 0 Å². The molecular formula is C12H27N. The van der Waals surface area contributed by atoms with Crippen LogP contribution in [0.15, 0.2) is 0 Å². The van der Waals surface area contributed by atoms with Crippen molar-refractivity contribution in [2.75, 3.05) is 13.1 Å². The molecule has 1 aliphatic heterocycles. The Morgan fingerprint density at radius 2 is 1.62 bits per heavy atom. The van der Waals surface area contributed by atoms with Gasteiger partial charge in [-0.25, -0.2) is 0 Å². The van der Waals surface area contributed by atoms with Crippen molar-refractivity contribution in [2.24, 2.45) is 0 Å². The lowest BCUT2D eigenvalue weighted by atomic mass is 9.90. The smallest absolute Gasteiger partial charge is 0.0204 e. The number of rotatable bonds is 3. The third-order valence-corrected chi connectivity index (χ3v) is 3.44. The quantitative estimate of drug-likeness (QED) is 0.648. The van der Waals surface area contributed by atoms with Gasteiger partial charge in [0.25, 0.3) is 0 Å². The third kappa shape index (κ3) is 2.70. The van der Waals surface area contributed by atoms with E-state index in [0.29, 0.717) is 5.54 Å². The molecule has 0 aromatic rings. The Balaban J connectivity index is 0.000000671. The molecule has 0 N–H and O–H groups in total. The predicted octanol–water partition coefficient (Wildman–Crippen LogP) is 3.69. The van der Waals surface area contributed by atoms with Crippen molar-refractivity contribution < 1.29 is 0 Å². The largest absolute Gasteiger partial charge is 0.298 e. The molecule has 0 unspecified atom stereocenters. The number of nitrogens with zero attached hydrogens (tertiary/aromatic N) is 1. The summed E-state index contributed by atoms with van der Waals surface area (Å²) in [7, 11) is 0. The molecule has 0 spiro atoms. The zero-order chi connectivity index (χ0) is 10.3. The van der Waals surface area contributed by atoms with Gasteiger partial charge < -0.3 is 0 Å². The first-order valence-electron chi connectivity index (χ1n) is 6.04. The minimum absolute atomic E-state index is 0.578. The molecule has 0 aliphatic carbocycles. The highest BCUT2D eigenvalue weighted by Gasteiger charge is 2.36. The highest BCUT2D eigenvalue weighted by Crippen LogP contribution is 2.34. The Kier molecular flexibility index (Phi) is 6.40. The lowest BCUT2D eigenvalue weighted by Gasteiger charge is -2.36. The fourth-order valence-electron chi connectivity index (χ4n) is 2.54. The molecule has 0 atom stereocenters. The monoisotopic (exact) mass is 185 g/mol. The van der Waals surface area contributed by atoms with Gasteiger partial charge in [-0.15, -0.1) is 0 Å². The van der Waals surface area contributed by atoms with Crippen LogP contribution in [0.5, 0.6) is 0 Å². The van der Waals surface area contributed by atoms with Gasteiger partial charge in [0.2, 0.25) is 0 Å². The Morgan fingerprint density at radius 3 is 1.92 bits per heavy atom. The second kappa shape index (κ2) is 6.42. The summed E-state index contributed by atoms with van der Waals surface area (Å²) in [6, 6.07) is 0. The molecule has 0 saturated carbocycles. The molecule has 0 aromatic carbocycles. The summed E-state index contributed by atoms with van der Waals surface area (Å²) in [5.74, 6) is 0. The molecule has 1 rings (SSSR count). The number of hydrogen-bond donors (Lipinski definition) is 0. The van der Waals surface area contributed by atoms with E-state index >= 15 is 0 Å². The van der Waals surface area contributed by atoms with Gasteiger partial charge in [-0.05, 0) is 38.8 Å². The number of hydrogen-bond acceptors (Lipinski definition) is 1. The van der Waals surface area contributed by atoms with E-state index in [4.69, 9.17) is 0 Å². The van der Waals surface area contributed by atoms with Crippen molar-refractivity contribution in [3.05, 3.63) is 0 Å². The highest BCUT2D eigenvalue weighted by atomic mass is 15.2. The SMILES string of the molecule is CC.CCN1CCCC1(CC)CC. The fourth-order valence-corrected chi connectivity index (χ4v) is 2.54. The highest BCUT2D eigenvalue weighted by molar-refractivity contribution is 4.92. The zero-order valence-electron chi connectivity index (χ0n) is 10.2. The average molecular weight is 185 g/mol. The fraction of sp³-hybridized carbons (Fsp3) is 1.00. The molecule has 80 valence electrons. The summed E-state index contributed by atoms with van der Waals surface area (Å²) in [5.41, 5.74) is 0.578. The van der Waals surface area contributed by atoms with Crippen LogP contribution in [-0.4, -0.2) is 23.5 Å². The first kappa shape index (κ1) is 13.0. The summed E-state index contributed by atoms with van der Waals surface area (Å²) in [6.07, 6.45) is 5.50. The Bertz CT molecular complexity index is 116. The van der Waals surface area contributed by atoms with Crippen LogP contribution >= 0.6 is 0 Å². The van der Waals surface area contributed by atoms with E-state index in [9.17, 15) is 0 Å². The van der Waals surface area contributed by atoms with E-state index in [2.05, 4.69) is 25.7 Å². The molecule has 13 heavy (non-hydrogen) atoms. The van der Waals surface area contributed by atoms with E-state index in [1.165, 1.54) is 38.8 Å². The third-order valence-electron chi connectivity index (χ3n) is 3.44. The van der Waals surface area contributed by atoms with Crippen LogP contribution in [0.3, 0.4) is 0 Å². The van der Waals surface area contributed by atoms with Gasteiger partial charge >= 0.3 is 0 Å². The van der Waals surface area contributed by atoms with Crippen molar-refractivity contribution in [3.8, 4) is 0 Å². The summed E-state index contributed by atoms with van der Waals surface area (Å²) in [5, 5.41) is 0. The molecule has 1 heteroatoms. The van der Waals surface area contributed by atoms with E-state index in [0.717, 1.165) is 0 Å². The van der Waals surface area contributed by atoms with Crippen LogP contribution in [-0.2, 0) is 0 Å². The molecule has 1 fully saturated rings. The molecule has 1 aliphatic rings. The summed E-state index contributed by atoms with van der Waals surface area (Å²) in [4.78, 5) is 2.66. The zero-order valence-corrected chi connectivity index (χ0v) is 10.2. The maximum Gasteiger partial charge on any atom is 0.0204 e. The van der Waals surface area contributed by atoms with Crippen molar-refractivity contribution in [1.29, 1.82) is 0 Å². The van der Waals surface area contributed by atoms with Gasteiger partial charge in [0.05, 0.1) is 0 Å². The predicted molar refractivity (Wildman–Crippen MR) is 61.1 cm³/mol. The van der Waals surface area contributed by atoms with Crippen molar-refractivity contribution in [1.82, 2.24) is 4.90 Å². The van der Waals surface area contributed by atoms with Crippen LogP contribution in [0.4, 0.5) is 0 Å². The van der Waals surface area contributed by atoms with Crippen LogP contribution < -0.4 is 0 Å². The van der Waals surface area contributed by atoms with Gasteiger partial charge in [-0.3, -0.25) is 4.90 Å². The molecule has 0 radical (unpaired) electrons. The van der Waals surface area contributed by atoms with Crippen LogP contribution in [0.25, 0.3) is 0 Å². The molecule has 0 aromatic heterocycles. The molecule has 1 heterocycles. The second-order valence-electron chi connectivity index (χ2n) is 3.61. The Morgan fingerprint density at radius 1 is 1.08 bits per heavy atom. The normalized spacial score (nSPS) is 21.0. The first-order chi connectivity index (χ1) is 6.29.